The van der Waals surface area contributed by atoms with Gasteiger partial charge >= 0.3 is 0 Å². The molecule has 1 aliphatic rings. The minimum atomic E-state index is -0.602. The summed E-state index contributed by atoms with van der Waals surface area (Å²) in [5.74, 6) is -0.260. The minimum Gasteiger partial charge on any atom is -0.347 e. The first-order valence-electron chi connectivity index (χ1n) is 9.02. The van der Waals surface area contributed by atoms with Crippen molar-refractivity contribution < 1.29 is 13.7 Å². The van der Waals surface area contributed by atoms with E-state index >= 15 is 0 Å². The molecule has 0 bridgehead atoms. The fraction of sp³-hybridized carbons (Fsp3) is 0.316. The quantitative estimate of drug-likeness (QED) is 0.695. The summed E-state index contributed by atoms with van der Waals surface area (Å²) in [6.45, 7) is 0.218. The number of carbonyl (C=O) groups is 1. The summed E-state index contributed by atoms with van der Waals surface area (Å²) in [5, 5.41) is 6.74. The van der Waals surface area contributed by atoms with Gasteiger partial charge in [-0.3, -0.25) is 4.79 Å². The van der Waals surface area contributed by atoms with Gasteiger partial charge in [-0.2, -0.15) is 4.98 Å². The van der Waals surface area contributed by atoms with Gasteiger partial charge in [-0.05, 0) is 30.5 Å². The number of nitrogens with one attached hydrogen (secondary N) is 1. The second-order valence-electron chi connectivity index (χ2n) is 6.85. The number of carbonyl (C=O) groups excluding carboxylic acids is 1. The molecule has 3 aromatic rings. The molecule has 0 aliphatic heterocycles. The monoisotopic (exact) mass is 382 g/mol. The highest BCUT2D eigenvalue weighted by Gasteiger charge is 2.36. The van der Waals surface area contributed by atoms with E-state index in [0.29, 0.717) is 5.82 Å². The zero-order valence-electron chi connectivity index (χ0n) is 15.1. The molecule has 1 saturated carbocycles. The molecule has 0 radical (unpaired) electrons. The van der Waals surface area contributed by atoms with E-state index < -0.39 is 11.4 Å². The summed E-state index contributed by atoms with van der Waals surface area (Å²) < 4.78 is 18.3. The van der Waals surface area contributed by atoms with E-state index in [-0.39, 0.29) is 29.6 Å². The highest BCUT2D eigenvalue weighted by atomic mass is 19.1. The van der Waals surface area contributed by atoms with E-state index in [1.807, 2.05) is 0 Å². The van der Waals surface area contributed by atoms with Gasteiger partial charge in [0.2, 0.25) is 0 Å². The molecule has 8 nitrogen and oxygen atoms in total. The molecule has 3 N–H and O–H groups in total. The van der Waals surface area contributed by atoms with E-state index in [4.69, 9.17) is 10.3 Å². The molecule has 1 amide bonds. The molecule has 9 heteroatoms. The number of halogens is 1. The van der Waals surface area contributed by atoms with Crippen molar-refractivity contribution in [2.75, 3.05) is 0 Å². The van der Waals surface area contributed by atoms with Gasteiger partial charge < -0.3 is 15.6 Å². The number of hydrogen-bond acceptors (Lipinski definition) is 7. The first kappa shape index (κ1) is 18.2. The van der Waals surface area contributed by atoms with Crippen molar-refractivity contribution in [1.29, 1.82) is 0 Å². The number of rotatable bonds is 5. The number of nitrogens with zero attached hydrogens (tertiary/aromatic N) is 4. The fourth-order valence-corrected chi connectivity index (χ4v) is 3.28. The Kier molecular flexibility index (Phi) is 4.82. The third kappa shape index (κ3) is 3.61. The maximum Gasteiger partial charge on any atom is 0.279 e. The van der Waals surface area contributed by atoms with Crippen LogP contribution in [0.25, 0.3) is 11.6 Å². The van der Waals surface area contributed by atoms with Gasteiger partial charge in [-0.15, -0.1) is 0 Å². The van der Waals surface area contributed by atoms with Crippen molar-refractivity contribution in [2.24, 2.45) is 5.73 Å². The summed E-state index contributed by atoms with van der Waals surface area (Å²) in [4.78, 5) is 25.3. The van der Waals surface area contributed by atoms with Crippen LogP contribution in [0.15, 0.2) is 41.2 Å². The van der Waals surface area contributed by atoms with E-state index in [1.165, 1.54) is 24.5 Å². The molecule has 2 heterocycles. The normalized spacial score (nSPS) is 15.5. The first-order chi connectivity index (χ1) is 13.5. The average molecular weight is 382 g/mol. The molecule has 0 saturated heterocycles. The third-order valence-electron chi connectivity index (χ3n) is 4.85. The highest BCUT2D eigenvalue weighted by molar-refractivity contribution is 5.96. The second kappa shape index (κ2) is 7.43. The summed E-state index contributed by atoms with van der Waals surface area (Å²) >= 11 is 0. The van der Waals surface area contributed by atoms with Crippen LogP contribution in [-0.4, -0.2) is 26.0 Å². The molecule has 0 unspecified atom stereocenters. The van der Waals surface area contributed by atoms with Gasteiger partial charge in [0.25, 0.3) is 11.8 Å². The molecule has 144 valence electrons. The van der Waals surface area contributed by atoms with Gasteiger partial charge in [-0.25, -0.2) is 14.4 Å². The number of hydrogen-bond donors (Lipinski definition) is 2. The number of aromatic nitrogens is 4. The summed E-state index contributed by atoms with van der Waals surface area (Å²) in [6.07, 6.45) is 6.47. The van der Waals surface area contributed by atoms with E-state index in [0.717, 1.165) is 31.2 Å². The van der Waals surface area contributed by atoms with Crippen LogP contribution in [0.4, 0.5) is 4.39 Å². The van der Waals surface area contributed by atoms with Crippen LogP contribution in [0.3, 0.4) is 0 Å². The Balaban J connectivity index is 1.54. The smallest absolute Gasteiger partial charge is 0.279 e. The van der Waals surface area contributed by atoms with Gasteiger partial charge in [0, 0.05) is 18.9 Å². The van der Waals surface area contributed by atoms with Gasteiger partial charge in [0.1, 0.15) is 5.82 Å². The number of benzene rings is 1. The third-order valence-corrected chi connectivity index (χ3v) is 4.85. The lowest BCUT2D eigenvalue weighted by Crippen LogP contribution is -2.34. The van der Waals surface area contributed by atoms with Gasteiger partial charge in [-0.1, -0.05) is 30.1 Å². The van der Waals surface area contributed by atoms with E-state index in [9.17, 15) is 9.18 Å². The summed E-state index contributed by atoms with van der Waals surface area (Å²) in [5.41, 5.74) is 6.78. The summed E-state index contributed by atoms with van der Waals surface area (Å²) in [6, 6.07) is 5.86. The Morgan fingerprint density at radius 3 is 2.64 bits per heavy atom. The number of amides is 1. The van der Waals surface area contributed by atoms with Crippen LogP contribution in [0.1, 0.15) is 47.6 Å². The van der Waals surface area contributed by atoms with E-state index in [1.54, 1.807) is 12.1 Å². The Morgan fingerprint density at radius 1 is 1.18 bits per heavy atom. The molecular weight excluding hydrogens is 363 g/mol. The lowest BCUT2D eigenvalue weighted by atomic mass is 9.99. The lowest BCUT2D eigenvalue weighted by Gasteiger charge is -2.17. The molecule has 1 fully saturated rings. The topological polar surface area (TPSA) is 120 Å². The molecule has 1 aromatic carbocycles. The maximum absolute atomic E-state index is 13.0. The van der Waals surface area contributed by atoms with Gasteiger partial charge in [0.05, 0.1) is 5.54 Å². The molecule has 0 atom stereocenters. The average Bonchev–Trinajstić information content (AvgIpc) is 3.38. The van der Waals surface area contributed by atoms with Crippen molar-refractivity contribution in [1.82, 2.24) is 25.4 Å². The van der Waals surface area contributed by atoms with Crippen molar-refractivity contribution >= 4 is 5.91 Å². The molecular formula is C19H19FN6O2. The van der Waals surface area contributed by atoms with Crippen LogP contribution >= 0.6 is 0 Å². The predicted molar refractivity (Wildman–Crippen MR) is 97.2 cm³/mol. The standard InChI is InChI=1S/C19H19FN6O2/c20-13-5-3-12(4-6-13)11-24-16(27)14-15(23-10-9-22-14)17-25-18(26-28-17)19(21)7-1-2-8-19/h3-6,9-10H,1-2,7-8,11,21H2,(H,24,27). The van der Waals surface area contributed by atoms with Crippen molar-refractivity contribution in [2.45, 2.75) is 37.8 Å². The molecule has 2 aromatic heterocycles. The largest absolute Gasteiger partial charge is 0.347 e. The highest BCUT2D eigenvalue weighted by Crippen LogP contribution is 2.35. The second-order valence-corrected chi connectivity index (χ2v) is 6.85. The van der Waals surface area contributed by atoms with Gasteiger partial charge in [0.15, 0.2) is 17.2 Å². The Morgan fingerprint density at radius 2 is 1.89 bits per heavy atom. The zero-order chi connectivity index (χ0) is 19.6. The molecule has 1 aliphatic carbocycles. The molecule has 28 heavy (non-hydrogen) atoms. The molecule has 4 rings (SSSR count). The zero-order valence-corrected chi connectivity index (χ0v) is 15.1. The van der Waals surface area contributed by atoms with Crippen LogP contribution in [0, 0.1) is 5.82 Å². The Hall–Kier alpha value is -3.20. The lowest BCUT2D eigenvalue weighted by molar-refractivity contribution is 0.0946. The van der Waals surface area contributed by atoms with Crippen LogP contribution in [0.2, 0.25) is 0 Å². The van der Waals surface area contributed by atoms with Crippen molar-refractivity contribution in [3.8, 4) is 11.6 Å². The fourth-order valence-electron chi connectivity index (χ4n) is 3.28. The van der Waals surface area contributed by atoms with E-state index in [2.05, 4.69) is 25.4 Å². The van der Waals surface area contributed by atoms with Crippen LogP contribution in [0.5, 0.6) is 0 Å². The Bertz CT molecular complexity index is 982. The number of nitrogens with two attached hydrogens (primary N) is 1. The SMILES string of the molecule is NC1(c2noc(-c3nccnc3C(=O)NCc3ccc(F)cc3)n2)CCCC1. The predicted octanol–water partition coefficient (Wildman–Crippen LogP) is 2.32. The Labute approximate surface area is 160 Å². The maximum atomic E-state index is 13.0. The summed E-state index contributed by atoms with van der Waals surface area (Å²) in [7, 11) is 0. The van der Waals surface area contributed by atoms with Crippen LogP contribution in [-0.2, 0) is 12.1 Å². The van der Waals surface area contributed by atoms with Crippen LogP contribution < -0.4 is 11.1 Å². The van der Waals surface area contributed by atoms with Crippen molar-refractivity contribution in [3.05, 3.63) is 59.6 Å². The molecule has 0 spiro atoms. The van der Waals surface area contributed by atoms with Crippen molar-refractivity contribution in [3.63, 3.8) is 0 Å². The first-order valence-corrected chi connectivity index (χ1v) is 9.02. The minimum absolute atomic E-state index is 0.0669.